The number of anilines is 1. The zero-order chi connectivity index (χ0) is 17.2. The van der Waals surface area contributed by atoms with Crippen LogP contribution in [0.25, 0.3) is 6.08 Å². The highest BCUT2D eigenvalue weighted by atomic mass is 32.2. The molecule has 0 aromatic heterocycles. The maximum absolute atomic E-state index is 12.7. The number of hydrogen-bond donors (Lipinski definition) is 0. The molecule has 2 aromatic carbocycles. The van der Waals surface area contributed by atoms with Crippen LogP contribution in [-0.2, 0) is 4.79 Å². The van der Waals surface area contributed by atoms with E-state index in [1.165, 1.54) is 5.01 Å². The van der Waals surface area contributed by atoms with Crippen LogP contribution in [0.1, 0.15) is 12.5 Å². The predicted molar refractivity (Wildman–Crippen MR) is 103 cm³/mol. The molecule has 0 unspecified atom stereocenters. The molecule has 2 aliphatic heterocycles. The number of amides is 1. The standard InChI is InChI=1S/C20H18N2O2S/c1-14-19(20(23)22(21-14)16-5-3-2-4-6-16)11-15-7-9-17(10-8-15)24-18-12-25-13-18/h2-11,18H,12-13H2,1H3/b19-11-. The van der Waals surface area contributed by atoms with Gasteiger partial charge in [-0.1, -0.05) is 30.3 Å². The molecule has 5 heteroatoms. The van der Waals surface area contributed by atoms with E-state index in [4.69, 9.17) is 4.74 Å². The Morgan fingerprint density at radius 2 is 1.84 bits per heavy atom. The minimum Gasteiger partial charge on any atom is -0.489 e. The third kappa shape index (κ3) is 3.33. The lowest BCUT2D eigenvalue weighted by Gasteiger charge is -2.25. The molecule has 0 spiro atoms. The topological polar surface area (TPSA) is 41.9 Å². The predicted octanol–water partition coefficient (Wildman–Crippen LogP) is 3.99. The van der Waals surface area contributed by atoms with Gasteiger partial charge in [0.25, 0.3) is 5.91 Å². The van der Waals surface area contributed by atoms with E-state index in [0.717, 1.165) is 34.2 Å². The van der Waals surface area contributed by atoms with E-state index in [0.29, 0.717) is 11.7 Å². The third-order valence-electron chi connectivity index (χ3n) is 4.16. The van der Waals surface area contributed by atoms with Gasteiger partial charge in [0.05, 0.1) is 17.0 Å². The molecule has 25 heavy (non-hydrogen) atoms. The first kappa shape index (κ1) is 16.0. The minimum absolute atomic E-state index is 0.101. The fourth-order valence-corrected chi connectivity index (χ4v) is 3.28. The van der Waals surface area contributed by atoms with Crippen molar-refractivity contribution in [1.82, 2.24) is 0 Å². The summed E-state index contributed by atoms with van der Waals surface area (Å²) in [5.74, 6) is 2.90. The van der Waals surface area contributed by atoms with Crippen molar-refractivity contribution in [2.75, 3.05) is 16.5 Å². The normalized spacial score (nSPS) is 19.1. The molecule has 1 saturated heterocycles. The average Bonchev–Trinajstić information content (AvgIpc) is 2.88. The van der Waals surface area contributed by atoms with Crippen LogP contribution >= 0.6 is 11.8 Å². The van der Waals surface area contributed by atoms with Crippen molar-refractivity contribution < 1.29 is 9.53 Å². The third-order valence-corrected chi connectivity index (χ3v) is 5.38. The van der Waals surface area contributed by atoms with E-state index < -0.39 is 0 Å². The SMILES string of the molecule is CC1=NN(c2ccccc2)C(=O)/C1=C\c1ccc(OC2CSC2)cc1. The van der Waals surface area contributed by atoms with Crippen LogP contribution in [0.5, 0.6) is 5.75 Å². The number of rotatable bonds is 4. The summed E-state index contributed by atoms with van der Waals surface area (Å²) >= 11 is 1.90. The fraction of sp³-hybridized carbons (Fsp3) is 0.200. The Hall–Kier alpha value is -2.53. The van der Waals surface area contributed by atoms with Crippen molar-refractivity contribution in [3.05, 3.63) is 65.7 Å². The van der Waals surface area contributed by atoms with Gasteiger partial charge in [-0.2, -0.15) is 21.9 Å². The number of hydrogen-bond acceptors (Lipinski definition) is 4. The van der Waals surface area contributed by atoms with Gasteiger partial charge >= 0.3 is 0 Å². The first-order chi connectivity index (χ1) is 12.2. The fourth-order valence-electron chi connectivity index (χ4n) is 2.71. The molecule has 4 rings (SSSR count). The van der Waals surface area contributed by atoms with E-state index >= 15 is 0 Å². The van der Waals surface area contributed by atoms with Crippen LogP contribution in [0, 0.1) is 0 Å². The Bertz CT molecular complexity index is 840. The summed E-state index contributed by atoms with van der Waals surface area (Å²) in [5.41, 5.74) is 3.08. The molecule has 0 atom stereocenters. The smallest absolute Gasteiger partial charge is 0.280 e. The van der Waals surface area contributed by atoms with Crippen molar-refractivity contribution in [3.8, 4) is 5.75 Å². The van der Waals surface area contributed by atoms with Gasteiger partial charge in [0.15, 0.2) is 0 Å². The molecule has 0 bridgehead atoms. The Morgan fingerprint density at radius 3 is 2.48 bits per heavy atom. The lowest BCUT2D eigenvalue weighted by Crippen LogP contribution is -2.30. The molecule has 0 saturated carbocycles. The first-order valence-electron chi connectivity index (χ1n) is 8.22. The van der Waals surface area contributed by atoms with Crippen molar-refractivity contribution in [2.45, 2.75) is 13.0 Å². The van der Waals surface area contributed by atoms with Crippen LogP contribution in [0.2, 0.25) is 0 Å². The number of benzene rings is 2. The molecule has 4 nitrogen and oxygen atoms in total. The summed E-state index contributed by atoms with van der Waals surface area (Å²) in [4.78, 5) is 12.7. The summed E-state index contributed by atoms with van der Waals surface area (Å²) in [5, 5.41) is 5.85. The van der Waals surface area contributed by atoms with Gasteiger partial charge in [0.1, 0.15) is 11.9 Å². The zero-order valence-corrected chi connectivity index (χ0v) is 14.7. The molecule has 2 heterocycles. The summed E-state index contributed by atoms with van der Waals surface area (Å²) in [6.07, 6.45) is 2.21. The molecule has 0 N–H and O–H groups in total. The van der Waals surface area contributed by atoms with Crippen molar-refractivity contribution in [1.29, 1.82) is 0 Å². The highest BCUT2D eigenvalue weighted by molar-refractivity contribution is 8.00. The van der Waals surface area contributed by atoms with Crippen molar-refractivity contribution >= 4 is 35.1 Å². The zero-order valence-electron chi connectivity index (χ0n) is 13.9. The highest BCUT2D eigenvalue weighted by Crippen LogP contribution is 2.26. The Labute approximate surface area is 151 Å². The molecular weight excluding hydrogens is 332 g/mol. The lowest BCUT2D eigenvalue weighted by molar-refractivity contribution is -0.114. The van der Waals surface area contributed by atoms with E-state index in [-0.39, 0.29) is 5.91 Å². The molecule has 1 fully saturated rings. The molecule has 1 amide bonds. The van der Waals surface area contributed by atoms with Crippen LogP contribution in [-0.4, -0.2) is 29.2 Å². The summed E-state index contributed by atoms with van der Waals surface area (Å²) in [6.45, 7) is 1.86. The summed E-state index contributed by atoms with van der Waals surface area (Å²) < 4.78 is 5.85. The van der Waals surface area contributed by atoms with Crippen LogP contribution in [0.4, 0.5) is 5.69 Å². The van der Waals surface area contributed by atoms with Crippen LogP contribution in [0.15, 0.2) is 65.3 Å². The van der Waals surface area contributed by atoms with Crippen molar-refractivity contribution in [2.24, 2.45) is 5.10 Å². The number of hydrazone groups is 1. The Morgan fingerprint density at radius 1 is 1.12 bits per heavy atom. The molecule has 2 aliphatic rings. The maximum atomic E-state index is 12.7. The number of carbonyl (C=O) groups excluding carboxylic acids is 1. The largest absolute Gasteiger partial charge is 0.489 e. The molecule has 126 valence electrons. The first-order valence-corrected chi connectivity index (χ1v) is 9.37. The van der Waals surface area contributed by atoms with Gasteiger partial charge in [-0.15, -0.1) is 0 Å². The van der Waals surface area contributed by atoms with E-state index in [9.17, 15) is 4.79 Å². The second kappa shape index (κ2) is 6.76. The van der Waals surface area contributed by atoms with E-state index in [2.05, 4.69) is 5.10 Å². The number of ether oxygens (including phenoxy) is 1. The monoisotopic (exact) mass is 350 g/mol. The van der Waals surface area contributed by atoms with Gasteiger partial charge in [-0.25, -0.2) is 0 Å². The Kier molecular flexibility index (Phi) is 4.32. The molecule has 2 aromatic rings. The van der Waals surface area contributed by atoms with E-state index in [1.54, 1.807) is 0 Å². The second-order valence-electron chi connectivity index (χ2n) is 6.04. The number of thioether (sulfide) groups is 1. The van der Waals surface area contributed by atoms with Crippen LogP contribution < -0.4 is 9.75 Å². The Balaban J connectivity index is 1.53. The van der Waals surface area contributed by atoms with Gasteiger partial charge in [-0.05, 0) is 42.8 Å². The number of nitrogens with zero attached hydrogens (tertiary/aromatic N) is 2. The molecular formula is C20H18N2O2S. The summed E-state index contributed by atoms with van der Waals surface area (Å²) in [6, 6.07) is 17.3. The molecule has 0 aliphatic carbocycles. The number of para-hydroxylation sites is 1. The lowest BCUT2D eigenvalue weighted by atomic mass is 10.1. The second-order valence-corrected chi connectivity index (χ2v) is 7.12. The van der Waals surface area contributed by atoms with Gasteiger partial charge in [0, 0.05) is 11.5 Å². The highest BCUT2D eigenvalue weighted by Gasteiger charge is 2.28. The van der Waals surface area contributed by atoms with Crippen molar-refractivity contribution in [3.63, 3.8) is 0 Å². The quantitative estimate of drug-likeness (QED) is 0.783. The summed E-state index contributed by atoms with van der Waals surface area (Å²) in [7, 11) is 0. The van der Waals surface area contributed by atoms with Gasteiger partial charge < -0.3 is 4.74 Å². The van der Waals surface area contributed by atoms with Gasteiger partial charge in [-0.3, -0.25) is 4.79 Å². The van der Waals surface area contributed by atoms with Crippen LogP contribution in [0.3, 0.4) is 0 Å². The van der Waals surface area contributed by atoms with Gasteiger partial charge in [0.2, 0.25) is 0 Å². The van der Waals surface area contributed by atoms with E-state index in [1.807, 2.05) is 79.4 Å². The molecule has 0 radical (unpaired) electrons. The number of carbonyl (C=O) groups is 1. The maximum Gasteiger partial charge on any atom is 0.280 e. The average molecular weight is 350 g/mol. The minimum atomic E-state index is -0.101.